The molecular weight excluding hydrogens is 222 g/mol. The summed E-state index contributed by atoms with van der Waals surface area (Å²) >= 11 is 1.16. The van der Waals surface area contributed by atoms with Gasteiger partial charge in [0.25, 0.3) is 0 Å². The molecule has 0 aliphatic heterocycles. The molecule has 0 atom stereocenters. The van der Waals surface area contributed by atoms with E-state index in [1.807, 2.05) is 25.3 Å². The number of aromatic nitrogens is 1. The van der Waals surface area contributed by atoms with Crippen LogP contribution >= 0.6 is 11.3 Å². The molecule has 0 aliphatic carbocycles. The molecule has 2 rings (SSSR count). The Bertz CT molecular complexity index is 569. The van der Waals surface area contributed by atoms with Crippen molar-refractivity contribution in [3.63, 3.8) is 0 Å². The van der Waals surface area contributed by atoms with Gasteiger partial charge >= 0.3 is 4.87 Å². The van der Waals surface area contributed by atoms with Crippen molar-refractivity contribution < 1.29 is 4.74 Å². The van der Waals surface area contributed by atoms with Crippen LogP contribution in [0.3, 0.4) is 0 Å². The number of ether oxygens (including phenoxy) is 1. The Balaban J connectivity index is 2.67. The third-order valence-electron chi connectivity index (χ3n) is 2.43. The second-order valence-corrected chi connectivity index (χ2v) is 4.57. The smallest absolute Gasteiger partial charge is 0.304 e. The zero-order valence-electron chi connectivity index (χ0n) is 9.46. The molecule has 0 saturated carbocycles. The number of rotatable bonds is 2. The second kappa shape index (κ2) is 4.14. The van der Waals surface area contributed by atoms with Gasteiger partial charge in [0.15, 0.2) is 0 Å². The Morgan fingerprint density at radius 3 is 2.62 bits per heavy atom. The van der Waals surface area contributed by atoms with Crippen molar-refractivity contribution in [1.82, 2.24) is 4.98 Å². The molecule has 1 N–H and O–H groups in total. The van der Waals surface area contributed by atoms with E-state index in [9.17, 15) is 4.79 Å². The monoisotopic (exact) mass is 235 g/mol. The Hall–Kier alpha value is -1.55. The molecule has 2 aromatic rings. The van der Waals surface area contributed by atoms with E-state index >= 15 is 0 Å². The lowest BCUT2D eigenvalue weighted by Gasteiger charge is -2.11. The molecule has 3 nitrogen and oxygen atoms in total. The first-order valence-electron chi connectivity index (χ1n) is 4.95. The molecule has 1 aromatic carbocycles. The van der Waals surface area contributed by atoms with Gasteiger partial charge in [-0.3, -0.25) is 4.79 Å². The normalized spacial score (nSPS) is 10.4. The highest BCUT2D eigenvalue weighted by Crippen LogP contribution is 2.32. The van der Waals surface area contributed by atoms with Crippen LogP contribution in [0.1, 0.15) is 11.1 Å². The molecule has 4 heteroatoms. The van der Waals surface area contributed by atoms with E-state index in [-0.39, 0.29) is 4.87 Å². The molecular formula is C12H13NO2S. The van der Waals surface area contributed by atoms with Gasteiger partial charge in [0.2, 0.25) is 0 Å². The van der Waals surface area contributed by atoms with Gasteiger partial charge in [0.1, 0.15) is 5.75 Å². The minimum absolute atomic E-state index is 0.0452. The molecule has 0 saturated heterocycles. The predicted molar refractivity (Wildman–Crippen MR) is 66.4 cm³/mol. The molecule has 1 aromatic heterocycles. The zero-order chi connectivity index (χ0) is 11.7. The quantitative estimate of drug-likeness (QED) is 0.869. The highest BCUT2D eigenvalue weighted by molar-refractivity contribution is 7.07. The summed E-state index contributed by atoms with van der Waals surface area (Å²) in [6.45, 7) is 4.03. The van der Waals surface area contributed by atoms with E-state index in [1.165, 1.54) is 0 Å². The van der Waals surface area contributed by atoms with E-state index in [4.69, 9.17) is 4.74 Å². The summed E-state index contributed by atoms with van der Waals surface area (Å²) in [5.41, 5.74) is 3.99. The maximum Gasteiger partial charge on any atom is 0.304 e. The Labute approximate surface area is 97.7 Å². The maximum atomic E-state index is 11.2. The summed E-state index contributed by atoms with van der Waals surface area (Å²) in [7, 11) is 1.64. The molecule has 16 heavy (non-hydrogen) atoms. The maximum absolute atomic E-state index is 11.2. The summed E-state index contributed by atoms with van der Waals surface area (Å²) < 4.78 is 5.38. The van der Waals surface area contributed by atoms with Crippen LogP contribution in [-0.2, 0) is 0 Å². The number of H-pyrrole nitrogens is 1. The van der Waals surface area contributed by atoms with Crippen molar-refractivity contribution in [2.24, 2.45) is 0 Å². The molecule has 0 aliphatic rings. The fourth-order valence-corrected chi connectivity index (χ4v) is 2.42. The van der Waals surface area contributed by atoms with Gasteiger partial charge in [-0.15, -0.1) is 0 Å². The van der Waals surface area contributed by atoms with E-state index in [2.05, 4.69) is 11.1 Å². The number of benzene rings is 1. The molecule has 0 spiro atoms. The summed E-state index contributed by atoms with van der Waals surface area (Å²) in [4.78, 5) is 13.9. The Morgan fingerprint density at radius 2 is 2.06 bits per heavy atom. The van der Waals surface area contributed by atoms with E-state index in [0.717, 1.165) is 39.5 Å². The van der Waals surface area contributed by atoms with Gasteiger partial charge in [-0.1, -0.05) is 17.4 Å². The molecule has 0 amide bonds. The first-order chi connectivity index (χ1) is 7.61. The summed E-state index contributed by atoms with van der Waals surface area (Å²) in [6, 6.07) is 4.08. The van der Waals surface area contributed by atoms with E-state index in [0.29, 0.717) is 0 Å². The van der Waals surface area contributed by atoms with Crippen molar-refractivity contribution >= 4 is 11.3 Å². The predicted octanol–water partition coefficient (Wildman–Crippen LogP) is 2.73. The number of aromatic amines is 1. The van der Waals surface area contributed by atoms with E-state index in [1.54, 1.807) is 7.11 Å². The second-order valence-electron chi connectivity index (χ2n) is 3.72. The zero-order valence-corrected chi connectivity index (χ0v) is 10.3. The first-order valence-corrected chi connectivity index (χ1v) is 5.83. The topological polar surface area (TPSA) is 42.1 Å². The SMILES string of the molecule is COc1c(C)cc(C)cc1-c1csc(=O)[nH]1. The third kappa shape index (κ3) is 1.88. The van der Waals surface area contributed by atoms with Gasteiger partial charge < -0.3 is 9.72 Å². The van der Waals surface area contributed by atoms with Crippen molar-refractivity contribution in [2.75, 3.05) is 7.11 Å². The highest BCUT2D eigenvalue weighted by atomic mass is 32.1. The standard InChI is InChI=1S/C12H13NO2S/c1-7-4-8(2)11(15-3)9(5-7)10-6-16-12(14)13-10/h4-6H,1-3H3,(H,13,14). The summed E-state index contributed by atoms with van der Waals surface area (Å²) in [5.74, 6) is 0.819. The van der Waals surface area contributed by atoms with Gasteiger partial charge in [-0.05, 0) is 31.0 Å². The van der Waals surface area contributed by atoms with Crippen molar-refractivity contribution in [3.8, 4) is 17.0 Å². The molecule has 1 heterocycles. The van der Waals surface area contributed by atoms with Crippen molar-refractivity contribution in [1.29, 1.82) is 0 Å². The average Bonchev–Trinajstić information content (AvgIpc) is 2.63. The Kier molecular flexibility index (Phi) is 2.83. The molecule has 0 fully saturated rings. The minimum atomic E-state index is -0.0452. The largest absolute Gasteiger partial charge is 0.496 e. The van der Waals surface area contributed by atoms with Crippen LogP contribution in [0.4, 0.5) is 0 Å². The number of thiazole rings is 1. The van der Waals surface area contributed by atoms with Crippen LogP contribution in [0.2, 0.25) is 0 Å². The first kappa shape index (κ1) is 11.0. The summed E-state index contributed by atoms with van der Waals surface area (Å²) in [6.07, 6.45) is 0. The number of hydrogen-bond acceptors (Lipinski definition) is 3. The summed E-state index contributed by atoms with van der Waals surface area (Å²) in [5, 5.41) is 1.82. The molecule has 84 valence electrons. The molecule has 0 radical (unpaired) electrons. The molecule has 0 unspecified atom stereocenters. The number of nitrogens with one attached hydrogen (secondary N) is 1. The average molecular weight is 235 g/mol. The van der Waals surface area contributed by atoms with Crippen LogP contribution in [-0.4, -0.2) is 12.1 Å². The minimum Gasteiger partial charge on any atom is -0.496 e. The highest BCUT2D eigenvalue weighted by Gasteiger charge is 2.11. The lowest BCUT2D eigenvalue weighted by atomic mass is 10.0. The van der Waals surface area contributed by atoms with Crippen LogP contribution in [0.5, 0.6) is 5.75 Å². The lowest BCUT2D eigenvalue weighted by Crippen LogP contribution is -1.96. The van der Waals surface area contributed by atoms with Crippen LogP contribution < -0.4 is 9.61 Å². The van der Waals surface area contributed by atoms with Gasteiger partial charge in [0.05, 0.1) is 12.8 Å². The van der Waals surface area contributed by atoms with Crippen LogP contribution in [0.15, 0.2) is 22.3 Å². The van der Waals surface area contributed by atoms with Gasteiger partial charge in [-0.2, -0.15) is 0 Å². The van der Waals surface area contributed by atoms with Crippen LogP contribution in [0.25, 0.3) is 11.3 Å². The van der Waals surface area contributed by atoms with Crippen molar-refractivity contribution in [3.05, 3.63) is 38.3 Å². The number of methoxy groups -OCH3 is 1. The van der Waals surface area contributed by atoms with Gasteiger partial charge in [-0.25, -0.2) is 0 Å². The number of hydrogen-bond donors (Lipinski definition) is 1. The fourth-order valence-electron chi connectivity index (χ4n) is 1.84. The van der Waals surface area contributed by atoms with Gasteiger partial charge in [0, 0.05) is 10.9 Å². The van der Waals surface area contributed by atoms with Crippen molar-refractivity contribution in [2.45, 2.75) is 13.8 Å². The lowest BCUT2D eigenvalue weighted by molar-refractivity contribution is 0.413. The molecule has 0 bridgehead atoms. The Morgan fingerprint density at radius 1 is 1.31 bits per heavy atom. The van der Waals surface area contributed by atoms with Crippen LogP contribution in [0, 0.1) is 13.8 Å². The van der Waals surface area contributed by atoms with E-state index < -0.39 is 0 Å². The third-order valence-corrected chi connectivity index (χ3v) is 3.10. The number of aryl methyl sites for hydroxylation is 2. The fraction of sp³-hybridized carbons (Fsp3) is 0.250.